The maximum atomic E-state index is 11.2. The number of nitrogens with two attached hydrogens (primary N) is 1. The first kappa shape index (κ1) is 10.0. The number of ketones is 1. The second-order valence-electron chi connectivity index (χ2n) is 2.67. The molecule has 0 saturated carbocycles. The lowest BCUT2D eigenvalue weighted by atomic mass is 10.0. The van der Waals surface area contributed by atoms with Gasteiger partial charge in [-0.05, 0) is 6.92 Å². The number of hydrogen-bond acceptors (Lipinski definition) is 3. The van der Waals surface area contributed by atoms with Crippen molar-refractivity contribution in [3.8, 4) is 0 Å². The fourth-order valence-electron chi connectivity index (χ4n) is 1.11. The average molecular weight is 190 g/mol. The number of nitrogens with zero attached hydrogens (tertiary/aromatic N) is 2. The molecule has 72 valence electrons. The Bertz CT molecular complexity index is 398. The van der Waals surface area contributed by atoms with Crippen LogP contribution in [-0.2, 0) is 0 Å². The van der Waals surface area contributed by atoms with E-state index in [2.05, 4.69) is 10.3 Å². The molecule has 0 spiro atoms. The normalized spacial score (nSPS) is 10.4. The van der Waals surface area contributed by atoms with E-state index in [4.69, 9.17) is 11.3 Å². The van der Waals surface area contributed by atoms with Crippen molar-refractivity contribution in [2.24, 2.45) is 16.2 Å². The minimum atomic E-state index is -0.113. The topological polar surface area (TPSA) is 91.7 Å². The van der Waals surface area contributed by atoms with Crippen LogP contribution in [0.5, 0.6) is 0 Å². The number of carbonyl (C=O) groups excluding carboxylic acids is 1. The van der Waals surface area contributed by atoms with Crippen LogP contribution in [0, 0.1) is 5.41 Å². The van der Waals surface area contributed by atoms with Crippen molar-refractivity contribution in [3.05, 3.63) is 35.4 Å². The molecule has 0 fully saturated rings. The summed E-state index contributed by atoms with van der Waals surface area (Å²) in [7, 11) is 0. The smallest absolute Gasteiger partial charge is 0.176 e. The number of nitrogens with one attached hydrogen (secondary N) is 1. The molecule has 0 bridgehead atoms. The summed E-state index contributed by atoms with van der Waals surface area (Å²) in [6, 6.07) is 6.72. The summed E-state index contributed by atoms with van der Waals surface area (Å²) in [6.45, 7) is 1.44. The highest BCUT2D eigenvalue weighted by Gasteiger charge is 2.09. The Hall–Kier alpha value is -2.04. The van der Waals surface area contributed by atoms with E-state index < -0.39 is 0 Å². The highest BCUT2D eigenvalue weighted by Crippen LogP contribution is 2.10. The zero-order valence-electron chi connectivity index (χ0n) is 7.69. The van der Waals surface area contributed by atoms with Crippen LogP contribution >= 0.6 is 0 Å². The summed E-state index contributed by atoms with van der Waals surface area (Å²) in [6.07, 6.45) is 0. The van der Waals surface area contributed by atoms with Crippen LogP contribution < -0.4 is 5.84 Å². The van der Waals surface area contributed by atoms with Crippen molar-refractivity contribution >= 4 is 11.6 Å². The molecule has 0 unspecified atom stereocenters. The predicted molar refractivity (Wildman–Crippen MR) is 52.3 cm³/mol. The lowest BCUT2D eigenvalue weighted by molar-refractivity contribution is 0.101. The first-order chi connectivity index (χ1) is 6.66. The van der Waals surface area contributed by atoms with Gasteiger partial charge in [-0.25, -0.2) is 0 Å². The molecule has 0 aliphatic carbocycles. The Morgan fingerprint density at radius 3 is 2.43 bits per heavy atom. The van der Waals surface area contributed by atoms with Gasteiger partial charge in [-0.3, -0.25) is 10.2 Å². The molecule has 0 amide bonds. The fourth-order valence-corrected chi connectivity index (χ4v) is 1.11. The largest absolute Gasteiger partial charge is 0.305 e. The van der Waals surface area contributed by atoms with Crippen LogP contribution in [0.2, 0.25) is 0 Å². The molecule has 14 heavy (non-hydrogen) atoms. The second kappa shape index (κ2) is 4.27. The number of benzene rings is 1. The molecule has 0 heterocycles. The molecule has 0 aromatic heterocycles. The van der Waals surface area contributed by atoms with Gasteiger partial charge in [-0.1, -0.05) is 29.5 Å². The number of amidine groups is 1. The zero-order valence-corrected chi connectivity index (χ0v) is 7.69. The van der Waals surface area contributed by atoms with Gasteiger partial charge in [0.05, 0.1) is 0 Å². The Balaban J connectivity index is 3.20. The molecule has 0 saturated heterocycles. The van der Waals surface area contributed by atoms with Crippen molar-refractivity contribution in [3.63, 3.8) is 0 Å². The zero-order chi connectivity index (χ0) is 10.6. The van der Waals surface area contributed by atoms with Gasteiger partial charge >= 0.3 is 0 Å². The number of rotatable bonds is 2. The van der Waals surface area contributed by atoms with Gasteiger partial charge in [0.2, 0.25) is 0 Å². The summed E-state index contributed by atoms with van der Waals surface area (Å²) in [4.78, 5) is 11.2. The summed E-state index contributed by atoms with van der Waals surface area (Å²) >= 11 is 0. The third-order valence-electron chi connectivity index (χ3n) is 1.72. The highest BCUT2D eigenvalue weighted by molar-refractivity contribution is 6.08. The molecule has 0 atom stereocenters. The van der Waals surface area contributed by atoms with Gasteiger partial charge in [-0.2, -0.15) is 0 Å². The van der Waals surface area contributed by atoms with Crippen LogP contribution in [0.15, 0.2) is 34.6 Å². The molecule has 3 N–H and O–H groups in total. The van der Waals surface area contributed by atoms with Crippen LogP contribution in [0.4, 0.5) is 0 Å². The fraction of sp³-hybridized carbons (Fsp3) is 0.111. The SMILES string of the molecule is CC(=O)c1ccccc1C(=N)N=NN. The van der Waals surface area contributed by atoms with Crippen molar-refractivity contribution < 1.29 is 4.79 Å². The second-order valence-corrected chi connectivity index (χ2v) is 2.67. The summed E-state index contributed by atoms with van der Waals surface area (Å²) in [5.41, 5.74) is 0.888. The standard InChI is InChI=1S/C9H10N4O/c1-6(14)7-4-2-3-5-8(7)9(10)12-13-11/h2-5H,1H3,(H3,10,11,12). The molecule has 1 aromatic carbocycles. The lowest BCUT2D eigenvalue weighted by Crippen LogP contribution is -2.04. The summed E-state index contributed by atoms with van der Waals surface area (Å²) < 4.78 is 0. The van der Waals surface area contributed by atoms with E-state index in [1.165, 1.54) is 6.92 Å². The van der Waals surface area contributed by atoms with Crippen molar-refractivity contribution in [1.29, 1.82) is 5.41 Å². The van der Waals surface area contributed by atoms with Gasteiger partial charge in [-0.15, -0.1) is 5.11 Å². The molecule has 0 radical (unpaired) electrons. The van der Waals surface area contributed by atoms with Crippen LogP contribution in [0.3, 0.4) is 0 Å². The summed E-state index contributed by atoms with van der Waals surface area (Å²) in [5, 5.41) is 13.8. The van der Waals surface area contributed by atoms with Crippen LogP contribution in [0.1, 0.15) is 22.8 Å². The molecule has 1 rings (SSSR count). The maximum Gasteiger partial charge on any atom is 0.176 e. The molecule has 5 nitrogen and oxygen atoms in total. The van der Waals surface area contributed by atoms with Gasteiger partial charge in [0.1, 0.15) is 0 Å². The molecule has 0 aliphatic rings. The Labute approximate surface area is 81.1 Å². The van der Waals surface area contributed by atoms with Crippen molar-refractivity contribution in [1.82, 2.24) is 0 Å². The van der Waals surface area contributed by atoms with Gasteiger partial charge in [0, 0.05) is 11.1 Å². The Morgan fingerprint density at radius 1 is 1.36 bits per heavy atom. The Kier molecular flexibility index (Phi) is 3.06. The van der Waals surface area contributed by atoms with E-state index in [1.807, 2.05) is 0 Å². The molecule has 0 aliphatic heterocycles. The van der Waals surface area contributed by atoms with E-state index in [0.29, 0.717) is 11.1 Å². The van der Waals surface area contributed by atoms with Gasteiger partial charge < -0.3 is 5.84 Å². The minimum Gasteiger partial charge on any atom is -0.305 e. The molecular weight excluding hydrogens is 180 g/mol. The molecule has 5 heteroatoms. The van der Waals surface area contributed by atoms with E-state index >= 15 is 0 Å². The lowest BCUT2D eigenvalue weighted by Gasteiger charge is -2.02. The van der Waals surface area contributed by atoms with Crippen LogP contribution in [-0.4, -0.2) is 11.6 Å². The minimum absolute atomic E-state index is 0.113. The molecular formula is C9H10N4O. The third kappa shape index (κ3) is 2.01. The number of carbonyl (C=O) groups is 1. The van der Waals surface area contributed by atoms with E-state index in [-0.39, 0.29) is 11.6 Å². The van der Waals surface area contributed by atoms with Gasteiger partial charge in [0.25, 0.3) is 0 Å². The van der Waals surface area contributed by atoms with Crippen LogP contribution in [0.25, 0.3) is 0 Å². The first-order valence-corrected chi connectivity index (χ1v) is 3.96. The highest BCUT2D eigenvalue weighted by atomic mass is 16.1. The van der Waals surface area contributed by atoms with E-state index in [9.17, 15) is 4.79 Å². The predicted octanol–water partition coefficient (Wildman–Crippen LogP) is 1.54. The monoisotopic (exact) mass is 190 g/mol. The Morgan fingerprint density at radius 2 is 1.93 bits per heavy atom. The molecule has 1 aromatic rings. The summed E-state index contributed by atoms with van der Waals surface area (Å²) in [5.74, 6) is 4.60. The average Bonchev–Trinajstić information content (AvgIpc) is 2.18. The third-order valence-corrected chi connectivity index (χ3v) is 1.72. The van der Waals surface area contributed by atoms with E-state index in [0.717, 1.165) is 0 Å². The maximum absolute atomic E-state index is 11.2. The van der Waals surface area contributed by atoms with Crippen molar-refractivity contribution in [2.45, 2.75) is 6.92 Å². The number of Topliss-reactive ketones (excluding diaryl/α,β-unsaturated/α-hetero) is 1. The quantitative estimate of drug-likeness (QED) is 0.185. The van der Waals surface area contributed by atoms with Gasteiger partial charge in [0.15, 0.2) is 11.6 Å². The van der Waals surface area contributed by atoms with Crippen molar-refractivity contribution in [2.75, 3.05) is 0 Å². The first-order valence-electron chi connectivity index (χ1n) is 3.96. The number of hydrogen-bond donors (Lipinski definition) is 2. The van der Waals surface area contributed by atoms with E-state index in [1.54, 1.807) is 24.3 Å².